The van der Waals surface area contributed by atoms with Crippen molar-refractivity contribution in [2.75, 3.05) is 6.26 Å². The number of hydrogen-bond acceptors (Lipinski definition) is 2. The van der Waals surface area contributed by atoms with Gasteiger partial charge in [0.15, 0.2) is 0 Å². The second-order valence-corrected chi connectivity index (χ2v) is 4.92. The lowest BCUT2D eigenvalue weighted by molar-refractivity contribution is 0.0698. The number of aromatic carboxylic acids is 1. The van der Waals surface area contributed by atoms with Crippen molar-refractivity contribution >= 4 is 29.3 Å². The quantitative estimate of drug-likeness (QED) is 0.844. The van der Waals surface area contributed by atoms with Gasteiger partial charge in [-0.3, -0.25) is 0 Å². The van der Waals surface area contributed by atoms with Crippen LogP contribution in [-0.2, 0) is 0 Å². The number of benzene rings is 2. The fourth-order valence-electron chi connectivity index (χ4n) is 1.83. The number of rotatable bonds is 3. The summed E-state index contributed by atoms with van der Waals surface area (Å²) in [4.78, 5) is 12.4. The molecule has 2 nitrogen and oxygen atoms in total. The van der Waals surface area contributed by atoms with Crippen LogP contribution in [0.3, 0.4) is 0 Å². The van der Waals surface area contributed by atoms with Crippen LogP contribution in [0, 0.1) is 0 Å². The molecule has 0 amide bonds. The van der Waals surface area contributed by atoms with Gasteiger partial charge in [0.2, 0.25) is 0 Å². The normalized spacial score (nSPS) is 10.3. The van der Waals surface area contributed by atoms with Gasteiger partial charge in [0.1, 0.15) is 0 Å². The van der Waals surface area contributed by atoms with Crippen molar-refractivity contribution in [1.82, 2.24) is 0 Å². The lowest BCUT2D eigenvalue weighted by atomic mass is 9.99. The van der Waals surface area contributed by atoms with E-state index in [1.165, 1.54) is 0 Å². The van der Waals surface area contributed by atoms with Crippen LogP contribution in [0.2, 0.25) is 5.02 Å². The second kappa shape index (κ2) is 5.46. The van der Waals surface area contributed by atoms with Crippen molar-refractivity contribution in [3.05, 3.63) is 53.1 Å². The highest BCUT2D eigenvalue weighted by Crippen LogP contribution is 2.34. The standard InChI is InChI=1S/C14H11ClO2S/c1-18-12-8-3-2-5-9(12)10-6-4-7-11(15)13(10)14(16)17/h2-8H,1H3,(H,16,17). The zero-order valence-electron chi connectivity index (χ0n) is 9.68. The van der Waals surface area contributed by atoms with E-state index in [1.54, 1.807) is 30.0 Å². The average molecular weight is 279 g/mol. The van der Waals surface area contributed by atoms with Gasteiger partial charge < -0.3 is 5.11 Å². The first-order valence-corrected chi connectivity index (χ1v) is 6.90. The van der Waals surface area contributed by atoms with Gasteiger partial charge in [-0.05, 0) is 29.5 Å². The van der Waals surface area contributed by atoms with Crippen LogP contribution in [0.5, 0.6) is 0 Å². The highest BCUT2D eigenvalue weighted by molar-refractivity contribution is 7.98. The molecule has 0 atom stereocenters. The van der Waals surface area contributed by atoms with Gasteiger partial charge in [0.05, 0.1) is 10.6 Å². The van der Waals surface area contributed by atoms with Gasteiger partial charge in [-0.25, -0.2) is 4.79 Å². The van der Waals surface area contributed by atoms with E-state index in [0.717, 1.165) is 10.5 Å². The van der Waals surface area contributed by atoms with Gasteiger partial charge in [-0.15, -0.1) is 11.8 Å². The first-order valence-electron chi connectivity index (χ1n) is 5.30. The van der Waals surface area contributed by atoms with Crippen molar-refractivity contribution < 1.29 is 9.90 Å². The molecule has 2 aromatic carbocycles. The number of halogens is 1. The summed E-state index contributed by atoms with van der Waals surface area (Å²) in [5, 5.41) is 9.54. The lowest BCUT2D eigenvalue weighted by Gasteiger charge is -2.11. The molecule has 92 valence electrons. The van der Waals surface area contributed by atoms with Crippen LogP contribution in [-0.4, -0.2) is 17.3 Å². The minimum Gasteiger partial charge on any atom is -0.478 e. The van der Waals surface area contributed by atoms with Crippen LogP contribution >= 0.6 is 23.4 Å². The Morgan fingerprint density at radius 2 is 1.78 bits per heavy atom. The molecule has 18 heavy (non-hydrogen) atoms. The van der Waals surface area contributed by atoms with Crippen LogP contribution in [0.1, 0.15) is 10.4 Å². The topological polar surface area (TPSA) is 37.3 Å². The van der Waals surface area contributed by atoms with Gasteiger partial charge in [0.25, 0.3) is 0 Å². The molecule has 0 saturated heterocycles. The van der Waals surface area contributed by atoms with Crippen molar-refractivity contribution in [3.63, 3.8) is 0 Å². The minimum atomic E-state index is -1.01. The van der Waals surface area contributed by atoms with E-state index in [4.69, 9.17) is 11.6 Å². The number of thioether (sulfide) groups is 1. The summed E-state index contributed by atoms with van der Waals surface area (Å²) in [6.07, 6.45) is 1.96. The number of carboxylic acid groups (broad SMARTS) is 1. The molecule has 0 bridgehead atoms. The summed E-state index contributed by atoms with van der Waals surface area (Å²) in [5.41, 5.74) is 1.70. The van der Waals surface area contributed by atoms with Crippen molar-refractivity contribution in [3.8, 4) is 11.1 Å². The van der Waals surface area contributed by atoms with Gasteiger partial charge in [0, 0.05) is 4.90 Å². The molecule has 4 heteroatoms. The first kappa shape index (κ1) is 13.0. The number of carboxylic acids is 1. The molecular weight excluding hydrogens is 268 g/mol. The number of carbonyl (C=O) groups is 1. The zero-order chi connectivity index (χ0) is 13.1. The molecule has 0 fully saturated rings. The highest BCUT2D eigenvalue weighted by atomic mass is 35.5. The van der Waals surface area contributed by atoms with Crippen molar-refractivity contribution in [2.45, 2.75) is 4.90 Å². The molecule has 2 aromatic rings. The molecule has 1 N–H and O–H groups in total. The summed E-state index contributed by atoms with van der Waals surface area (Å²) < 4.78 is 0. The third kappa shape index (κ3) is 2.37. The van der Waals surface area contributed by atoms with Crippen LogP contribution < -0.4 is 0 Å². The van der Waals surface area contributed by atoms with Crippen molar-refractivity contribution in [2.24, 2.45) is 0 Å². The van der Waals surface area contributed by atoms with Crippen molar-refractivity contribution in [1.29, 1.82) is 0 Å². The molecule has 0 radical (unpaired) electrons. The predicted octanol–water partition coefficient (Wildman–Crippen LogP) is 4.43. The van der Waals surface area contributed by atoms with Gasteiger partial charge >= 0.3 is 5.97 Å². The van der Waals surface area contributed by atoms with E-state index in [2.05, 4.69) is 0 Å². The molecule has 2 rings (SSSR count). The molecule has 0 heterocycles. The number of hydrogen-bond donors (Lipinski definition) is 1. The Morgan fingerprint density at radius 3 is 2.44 bits per heavy atom. The van der Waals surface area contributed by atoms with E-state index in [9.17, 15) is 9.90 Å². The summed E-state index contributed by atoms with van der Waals surface area (Å²) in [6, 6.07) is 12.8. The maximum Gasteiger partial charge on any atom is 0.337 e. The Kier molecular flexibility index (Phi) is 3.94. The second-order valence-electron chi connectivity index (χ2n) is 3.67. The van der Waals surface area contributed by atoms with E-state index in [1.807, 2.05) is 30.5 Å². The fourth-order valence-corrected chi connectivity index (χ4v) is 2.70. The molecule has 0 aliphatic rings. The lowest BCUT2D eigenvalue weighted by Crippen LogP contribution is -2.01. The smallest absolute Gasteiger partial charge is 0.337 e. The summed E-state index contributed by atoms with van der Waals surface area (Å²) >= 11 is 7.56. The monoisotopic (exact) mass is 278 g/mol. The van der Waals surface area contributed by atoms with Crippen LogP contribution in [0.25, 0.3) is 11.1 Å². The van der Waals surface area contributed by atoms with E-state index in [0.29, 0.717) is 5.56 Å². The fraction of sp³-hybridized carbons (Fsp3) is 0.0714. The Bertz CT molecular complexity index is 596. The Balaban J connectivity index is 2.71. The molecule has 0 aromatic heterocycles. The molecule has 0 saturated carbocycles. The van der Waals surface area contributed by atoms with Gasteiger partial charge in [-0.1, -0.05) is 41.9 Å². The predicted molar refractivity (Wildman–Crippen MR) is 75.6 cm³/mol. The maximum absolute atomic E-state index is 11.3. The third-order valence-electron chi connectivity index (χ3n) is 2.62. The summed E-state index contributed by atoms with van der Waals surface area (Å²) in [7, 11) is 0. The minimum absolute atomic E-state index is 0.153. The molecule has 0 spiro atoms. The van der Waals surface area contributed by atoms with Crippen LogP contribution in [0.4, 0.5) is 0 Å². The van der Waals surface area contributed by atoms with E-state index < -0.39 is 5.97 Å². The summed E-state index contributed by atoms with van der Waals surface area (Å²) in [6.45, 7) is 0. The average Bonchev–Trinajstić information content (AvgIpc) is 2.38. The largest absolute Gasteiger partial charge is 0.478 e. The highest BCUT2D eigenvalue weighted by Gasteiger charge is 2.17. The zero-order valence-corrected chi connectivity index (χ0v) is 11.3. The van der Waals surface area contributed by atoms with E-state index in [-0.39, 0.29) is 10.6 Å². The Hall–Kier alpha value is -1.45. The van der Waals surface area contributed by atoms with E-state index >= 15 is 0 Å². The summed E-state index contributed by atoms with van der Waals surface area (Å²) in [5.74, 6) is -1.01. The molecule has 0 aliphatic heterocycles. The van der Waals surface area contributed by atoms with Gasteiger partial charge in [-0.2, -0.15) is 0 Å². The molecule has 0 unspecified atom stereocenters. The Morgan fingerprint density at radius 1 is 1.11 bits per heavy atom. The first-order chi connectivity index (χ1) is 8.65. The Labute approximate surface area is 115 Å². The maximum atomic E-state index is 11.3. The SMILES string of the molecule is CSc1ccccc1-c1cccc(Cl)c1C(=O)O. The third-order valence-corrected chi connectivity index (χ3v) is 3.74. The molecule has 0 aliphatic carbocycles. The molecular formula is C14H11ClO2S. The van der Waals surface area contributed by atoms with Crippen LogP contribution in [0.15, 0.2) is 47.4 Å².